The number of hydrogen-bond acceptors (Lipinski definition) is 3. The molecular weight excluding hydrogens is 264 g/mol. The van der Waals surface area contributed by atoms with Gasteiger partial charge in [-0.15, -0.1) is 0 Å². The largest absolute Gasteiger partial charge is 0.508 e. The molecule has 4 heteroatoms. The van der Waals surface area contributed by atoms with Crippen LogP contribution in [0.25, 0.3) is 0 Å². The van der Waals surface area contributed by atoms with Crippen molar-refractivity contribution in [2.45, 2.75) is 26.8 Å². The molecule has 1 amide bonds. The molecule has 0 fully saturated rings. The van der Waals surface area contributed by atoms with Crippen LogP contribution in [0, 0.1) is 6.92 Å². The summed E-state index contributed by atoms with van der Waals surface area (Å²) >= 11 is 0. The van der Waals surface area contributed by atoms with Gasteiger partial charge < -0.3 is 15.7 Å². The van der Waals surface area contributed by atoms with E-state index in [2.05, 4.69) is 10.6 Å². The second-order valence-corrected chi connectivity index (χ2v) is 5.17. The van der Waals surface area contributed by atoms with E-state index in [-0.39, 0.29) is 17.7 Å². The summed E-state index contributed by atoms with van der Waals surface area (Å²) in [6, 6.07) is 13.1. The van der Waals surface area contributed by atoms with Gasteiger partial charge in [-0.2, -0.15) is 0 Å². The fourth-order valence-corrected chi connectivity index (χ4v) is 2.16. The van der Waals surface area contributed by atoms with Crippen molar-refractivity contribution >= 4 is 17.3 Å². The fraction of sp³-hybridized carbons (Fsp3) is 0.235. The molecule has 0 saturated heterocycles. The first-order valence-electron chi connectivity index (χ1n) is 6.89. The third-order valence-corrected chi connectivity index (χ3v) is 3.30. The van der Waals surface area contributed by atoms with Gasteiger partial charge in [-0.25, -0.2) is 0 Å². The summed E-state index contributed by atoms with van der Waals surface area (Å²) in [4.78, 5) is 11.2. The molecule has 0 bridgehead atoms. The van der Waals surface area contributed by atoms with Crippen molar-refractivity contribution in [3.63, 3.8) is 0 Å². The second-order valence-electron chi connectivity index (χ2n) is 5.17. The maximum Gasteiger partial charge on any atom is 0.221 e. The fourth-order valence-electron chi connectivity index (χ4n) is 2.16. The van der Waals surface area contributed by atoms with Gasteiger partial charge in [0.1, 0.15) is 5.75 Å². The SMILES string of the molecule is CC(=O)Nc1cc(NC(C)c2cccc(O)c2)ccc1C. The summed E-state index contributed by atoms with van der Waals surface area (Å²) < 4.78 is 0. The monoisotopic (exact) mass is 284 g/mol. The maximum atomic E-state index is 11.2. The highest BCUT2D eigenvalue weighted by atomic mass is 16.3. The van der Waals surface area contributed by atoms with Gasteiger partial charge in [0.15, 0.2) is 0 Å². The van der Waals surface area contributed by atoms with Crippen LogP contribution in [0.5, 0.6) is 5.75 Å². The Labute approximate surface area is 124 Å². The highest BCUT2D eigenvalue weighted by Gasteiger charge is 2.08. The van der Waals surface area contributed by atoms with Crippen molar-refractivity contribution in [3.05, 3.63) is 53.6 Å². The molecule has 0 aliphatic rings. The first-order valence-corrected chi connectivity index (χ1v) is 6.89. The molecular formula is C17H20N2O2. The number of phenolic OH excluding ortho intramolecular Hbond substituents is 1. The van der Waals surface area contributed by atoms with E-state index in [0.29, 0.717) is 0 Å². The van der Waals surface area contributed by atoms with Crippen LogP contribution in [0.4, 0.5) is 11.4 Å². The summed E-state index contributed by atoms with van der Waals surface area (Å²) in [5.74, 6) is 0.167. The topological polar surface area (TPSA) is 61.4 Å². The molecule has 1 unspecified atom stereocenters. The molecule has 2 aromatic rings. The Morgan fingerprint density at radius 1 is 1.19 bits per heavy atom. The normalized spacial score (nSPS) is 11.8. The molecule has 0 aliphatic carbocycles. The van der Waals surface area contributed by atoms with E-state index in [1.165, 1.54) is 6.92 Å². The van der Waals surface area contributed by atoms with Crippen molar-refractivity contribution in [2.75, 3.05) is 10.6 Å². The Balaban J connectivity index is 2.17. The number of aryl methyl sites for hydroxylation is 1. The lowest BCUT2D eigenvalue weighted by Gasteiger charge is -2.17. The van der Waals surface area contributed by atoms with Gasteiger partial charge in [0.05, 0.1) is 0 Å². The predicted octanol–water partition coefficient (Wildman–Crippen LogP) is 3.83. The number of carbonyl (C=O) groups is 1. The van der Waals surface area contributed by atoms with E-state index in [9.17, 15) is 9.90 Å². The zero-order valence-corrected chi connectivity index (χ0v) is 12.5. The molecule has 0 radical (unpaired) electrons. The quantitative estimate of drug-likeness (QED) is 0.799. The summed E-state index contributed by atoms with van der Waals surface area (Å²) in [6.45, 7) is 5.47. The lowest BCUT2D eigenvalue weighted by atomic mass is 10.1. The molecule has 1 atom stereocenters. The van der Waals surface area contributed by atoms with Crippen LogP contribution < -0.4 is 10.6 Å². The Bertz CT molecular complexity index is 653. The number of phenols is 1. The molecule has 4 nitrogen and oxygen atoms in total. The first kappa shape index (κ1) is 14.9. The highest BCUT2D eigenvalue weighted by molar-refractivity contribution is 5.90. The lowest BCUT2D eigenvalue weighted by Crippen LogP contribution is -2.09. The lowest BCUT2D eigenvalue weighted by molar-refractivity contribution is -0.114. The van der Waals surface area contributed by atoms with E-state index in [0.717, 1.165) is 22.5 Å². The van der Waals surface area contributed by atoms with E-state index >= 15 is 0 Å². The Hall–Kier alpha value is -2.49. The van der Waals surface area contributed by atoms with Crippen LogP contribution in [0.1, 0.15) is 31.0 Å². The van der Waals surface area contributed by atoms with Gasteiger partial charge in [-0.3, -0.25) is 4.79 Å². The highest BCUT2D eigenvalue weighted by Crippen LogP contribution is 2.25. The Morgan fingerprint density at radius 2 is 1.95 bits per heavy atom. The van der Waals surface area contributed by atoms with Gasteiger partial charge in [-0.05, 0) is 49.2 Å². The second kappa shape index (κ2) is 6.31. The minimum absolute atomic E-state index is 0.0463. The third kappa shape index (κ3) is 3.99. The van der Waals surface area contributed by atoms with Crippen molar-refractivity contribution in [3.8, 4) is 5.75 Å². The number of carbonyl (C=O) groups excluding carboxylic acids is 1. The van der Waals surface area contributed by atoms with Crippen LogP contribution in [0.2, 0.25) is 0 Å². The summed E-state index contributed by atoms with van der Waals surface area (Å²) in [5.41, 5.74) is 3.73. The van der Waals surface area contributed by atoms with Crippen LogP contribution >= 0.6 is 0 Å². The van der Waals surface area contributed by atoms with Crippen molar-refractivity contribution in [1.82, 2.24) is 0 Å². The molecule has 0 saturated carbocycles. The zero-order chi connectivity index (χ0) is 15.4. The average Bonchev–Trinajstić information content (AvgIpc) is 2.42. The Morgan fingerprint density at radius 3 is 2.62 bits per heavy atom. The standard InChI is InChI=1S/C17H20N2O2/c1-11-7-8-15(10-17(11)19-13(3)20)18-12(2)14-5-4-6-16(21)9-14/h4-10,12,18,21H,1-3H3,(H,19,20). The van der Waals surface area contributed by atoms with Gasteiger partial charge >= 0.3 is 0 Å². The number of amides is 1. The van der Waals surface area contributed by atoms with E-state index in [1.54, 1.807) is 12.1 Å². The maximum absolute atomic E-state index is 11.2. The van der Waals surface area contributed by atoms with Crippen LogP contribution in [0.3, 0.4) is 0 Å². The van der Waals surface area contributed by atoms with Gasteiger partial charge in [0.25, 0.3) is 0 Å². The van der Waals surface area contributed by atoms with Gasteiger partial charge in [0.2, 0.25) is 5.91 Å². The molecule has 0 aliphatic heterocycles. The number of nitrogens with one attached hydrogen (secondary N) is 2. The van der Waals surface area contributed by atoms with Crippen LogP contribution in [-0.4, -0.2) is 11.0 Å². The summed E-state index contributed by atoms with van der Waals surface area (Å²) in [6.07, 6.45) is 0. The molecule has 2 aromatic carbocycles. The minimum atomic E-state index is -0.0868. The molecule has 3 N–H and O–H groups in total. The van der Waals surface area contributed by atoms with Crippen LogP contribution in [-0.2, 0) is 4.79 Å². The zero-order valence-electron chi connectivity index (χ0n) is 12.5. The van der Waals surface area contributed by atoms with E-state index in [4.69, 9.17) is 0 Å². The molecule has 2 rings (SSSR count). The van der Waals surface area contributed by atoms with Crippen molar-refractivity contribution in [1.29, 1.82) is 0 Å². The molecule has 0 spiro atoms. The van der Waals surface area contributed by atoms with E-state index < -0.39 is 0 Å². The minimum Gasteiger partial charge on any atom is -0.508 e. The van der Waals surface area contributed by atoms with E-state index in [1.807, 2.05) is 44.2 Å². The first-order chi connectivity index (χ1) is 9.95. The van der Waals surface area contributed by atoms with Gasteiger partial charge in [0, 0.05) is 24.3 Å². The molecule has 0 heterocycles. The van der Waals surface area contributed by atoms with Crippen molar-refractivity contribution < 1.29 is 9.90 Å². The summed E-state index contributed by atoms with van der Waals surface area (Å²) in [5, 5.41) is 15.7. The number of anilines is 2. The van der Waals surface area contributed by atoms with Crippen molar-refractivity contribution in [2.24, 2.45) is 0 Å². The van der Waals surface area contributed by atoms with Gasteiger partial charge in [-0.1, -0.05) is 18.2 Å². The number of benzene rings is 2. The van der Waals surface area contributed by atoms with Crippen LogP contribution in [0.15, 0.2) is 42.5 Å². The molecule has 21 heavy (non-hydrogen) atoms. The summed E-state index contributed by atoms with van der Waals surface area (Å²) in [7, 11) is 0. The number of rotatable bonds is 4. The molecule has 110 valence electrons. The Kier molecular flexibility index (Phi) is 4.48. The smallest absolute Gasteiger partial charge is 0.221 e. The molecule has 0 aromatic heterocycles. The third-order valence-electron chi connectivity index (χ3n) is 3.30. The number of aromatic hydroxyl groups is 1. The average molecular weight is 284 g/mol. The predicted molar refractivity (Wildman–Crippen MR) is 85.6 cm³/mol. The number of hydrogen-bond donors (Lipinski definition) is 3.